The maximum absolute atomic E-state index is 12.2. The molecule has 0 aliphatic carbocycles. The van der Waals surface area contributed by atoms with Gasteiger partial charge in [-0.25, -0.2) is 0 Å². The maximum Gasteiger partial charge on any atom is 0.305 e. The molecule has 11 heteroatoms. The molecule has 0 spiro atoms. The lowest BCUT2D eigenvalue weighted by atomic mass is 9.95. The molecule has 29 heavy (non-hydrogen) atoms. The van der Waals surface area contributed by atoms with Crippen LogP contribution in [0, 0.1) is 0 Å². The van der Waals surface area contributed by atoms with E-state index < -0.39 is 60.4 Å². The summed E-state index contributed by atoms with van der Waals surface area (Å²) in [4.78, 5) is 58.2. The summed E-state index contributed by atoms with van der Waals surface area (Å²) in [7, 11) is 0. The third kappa shape index (κ3) is 7.53. The number of hydrogen-bond donors (Lipinski definition) is 1. The minimum absolute atomic E-state index is 0.124. The maximum atomic E-state index is 12.2. The van der Waals surface area contributed by atoms with Crippen LogP contribution in [0.2, 0.25) is 0 Å². The second-order valence-electron chi connectivity index (χ2n) is 6.38. The summed E-state index contributed by atoms with van der Waals surface area (Å²) in [5.74, 6) is -3.51. The fourth-order valence-corrected chi connectivity index (χ4v) is 2.59. The highest BCUT2D eigenvalue weighted by Gasteiger charge is 2.52. The monoisotopic (exact) mass is 415 g/mol. The van der Waals surface area contributed by atoms with Gasteiger partial charge in [0, 0.05) is 33.3 Å². The van der Waals surface area contributed by atoms with E-state index in [9.17, 15) is 24.0 Å². The Bertz CT molecular complexity index is 688. The fourth-order valence-electron chi connectivity index (χ4n) is 2.59. The predicted molar refractivity (Wildman–Crippen MR) is 94.9 cm³/mol. The van der Waals surface area contributed by atoms with Crippen LogP contribution in [0.25, 0.3) is 0 Å². The number of hydrogen-bond acceptors (Lipinski definition) is 10. The van der Waals surface area contributed by atoms with Crippen LogP contribution in [0.5, 0.6) is 0 Å². The van der Waals surface area contributed by atoms with Gasteiger partial charge in [0.25, 0.3) is 0 Å². The molecule has 1 heterocycles. The lowest BCUT2D eigenvalue weighted by Gasteiger charge is -2.44. The van der Waals surface area contributed by atoms with Gasteiger partial charge in [-0.2, -0.15) is 0 Å². The molecule has 0 aromatic heterocycles. The summed E-state index contributed by atoms with van der Waals surface area (Å²) in [5, 5.41) is 2.50. The number of carbonyl (C=O) groups excluding carboxylic acids is 5. The van der Waals surface area contributed by atoms with Gasteiger partial charge in [0.1, 0.15) is 18.8 Å². The lowest BCUT2D eigenvalue weighted by molar-refractivity contribution is -0.270. The van der Waals surface area contributed by atoms with Crippen LogP contribution in [0.1, 0.15) is 34.6 Å². The zero-order valence-corrected chi connectivity index (χ0v) is 16.9. The Morgan fingerprint density at radius 3 is 1.79 bits per heavy atom. The second kappa shape index (κ2) is 10.6. The van der Waals surface area contributed by atoms with E-state index in [1.165, 1.54) is 6.92 Å². The molecule has 1 aliphatic rings. The van der Waals surface area contributed by atoms with Crippen molar-refractivity contribution < 1.29 is 47.7 Å². The molecule has 1 fully saturated rings. The smallest absolute Gasteiger partial charge is 0.305 e. The van der Waals surface area contributed by atoms with Crippen molar-refractivity contribution in [2.24, 2.45) is 0 Å². The van der Waals surface area contributed by atoms with Crippen molar-refractivity contribution in [1.82, 2.24) is 5.32 Å². The number of amides is 1. The van der Waals surface area contributed by atoms with Crippen molar-refractivity contribution in [3.8, 4) is 0 Å². The number of rotatable bonds is 7. The molecule has 1 aliphatic heterocycles. The van der Waals surface area contributed by atoms with E-state index in [1.54, 1.807) is 0 Å². The van der Waals surface area contributed by atoms with Crippen LogP contribution >= 0.6 is 0 Å². The summed E-state index contributed by atoms with van der Waals surface area (Å²) < 4.78 is 26.2. The SMILES string of the molecule is C=C(C)C(=O)N[C@H]1[C@@H](OC(C)=O)O[C@@H](COC(C)=O)[C@@H](OC(C)=O)[C@H]1OC(C)=O. The first-order chi connectivity index (χ1) is 13.4. The third-order valence-corrected chi connectivity index (χ3v) is 3.67. The first kappa shape index (κ1) is 24.1. The van der Waals surface area contributed by atoms with Crippen LogP contribution in [-0.4, -0.2) is 67.0 Å². The van der Waals surface area contributed by atoms with E-state index >= 15 is 0 Å². The molecule has 11 nitrogen and oxygen atoms in total. The second-order valence-corrected chi connectivity index (χ2v) is 6.38. The summed E-state index contributed by atoms with van der Waals surface area (Å²) in [6, 6.07) is -1.23. The van der Waals surface area contributed by atoms with Gasteiger partial charge < -0.3 is 29.0 Å². The van der Waals surface area contributed by atoms with E-state index in [2.05, 4.69) is 11.9 Å². The van der Waals surface area contributed by atoms with Crippen LogP contribution in [-0.2, 0) is 47.7 Å². The Morgan fingerprint density at radius 2 is 1.34 bits per heavy atom. The molecule has 162 valence electrons. The molecule has 1 rings (SSSR count). The molecule has 0 aromatic carbocycles. The van der Waals surface area contributed by atoms with Crippen LogP contribution in [0.15, 0.2) is 12.2 Å². The predicted octanol–water partition coefficient (Wildman–Crippen LogP) is -0.238. The number of nitrogens with one attached hydrogen (secondary N) is 1. The van der Waals surface area contributed by atoms with Crippen molar-refractivity contribution in [2.75, 3.05) is 6.61 Å². The van der Waals surface area contributed by atoms with Crippen molar-refractivity contribution >= 4 is 29.8 Å². The molecule has 1 amide bonds. The zero-order valence-electron chi connectivity index (χ0n) is 16.9. The standard InChI is InChI=1S/C18H25NO10/c1-8(2)17(24)19-14-16(27-11(5)22)15(26-10(4)21)13(7-25-9(3)20)29-18(14)28-12(6)23/h13-16,18H,1,7H2,2-6H3,(H,19,24)/t13-,14+,15+,16-,18-/m0/s1. The lowest BCUT2D eigenvalue weighted by Crippen LogP contribution is -2.67. The van der Waals surface area contributed by atoms with Gasteiger partial charge in [-0.05, 0) is 6.92 Å². The van der Waals surface area contributed by atoms with E-state index in [1.807, 2.05) is 0 Å². The highest BCUT2D eigenvalue weighted by atomic mass is 16.7. The van der Waals surface area contributed by atoms with Crippen molar-refractivity contribution in [3.05, 3.63) is 12.2 Å². The third-order valence-electron chi connectivity index (χ3n) is 3.67. The van der Waals surface area contributed by atoms with Gasteiger partial charge in [0.2, 0.25) is 12.2 Å². The van der Waals surface area contributed by atoms with E-state index in [0.29, 0.717) is 0 Å². The number of esters is 4. The highest BCUT2D eigenvalue weighted by Crippen LogP contribution is 2.28. The van der Waals surface area contributed by atoms with Gasteiger partial charge >= 0.3 is 23.9 Å². The largest absolute Gasteiger partial charge is 0.463 e. The molecule has 5 atom stereocenters. The average molecular weight is 415 g/mol. The van der Waals surface area contributed by atoms with Crippen LogP contribution in [0.4, 0.5) is 0 Å². The summed E-state index contributed by atoms with van der Waals surface area (Å²) in [6.45, 7) is 9.07. The van der Waals surface area contributed by atoms with Gasteiger partial charge in [0.05, 0.1) is 0 Å². The van der Waals surface area contributed by atoms with Gasteiger partial charge in [-0.1, -0.05) is 6.58 Å². The number of carbonyl (C=O) groups is 5. The Kier molecular flexibility index (Phi) is 8.77. The van der Waals surface area contributed by atoms with Gasteiger partial charge in [0.15, 0.2) is 12.2 Å². The zero-order chi connectivity index (χ0) is 22.3. The van der Waals surface area contributed by atoms with E-state index in [0.717, 1.165) is 27.7 Å². The molecular formula is C18H25NO10. The summed E-state index contributed by atoms with van der Waals surface area (Å²) >= 11 is 0. The first-order valence-corrected chi connectivity index (χ1v) is 8.69. The summed E-state index contributed by atoms with van der Waals surface area (Å²) in [6.07, 6.45) is -5.14. The topological polar surface area (TPSA) is 144 Å². The highest BCUT2D eigenvalue weighted by molar-refractivity contribution is 5.92. The van der Waals surface area contributed by atoms with Crippen molar-refractivity contribution in [2.45, 2.75) is 65.3 Å². The number of ether oxygens (including phenoxy) is 5. The van der Waals surface area contributed by atoms with Crippen molar-refractivity contribution in [3.63, 3.8) is 0 Å². The molecule has 1 saturated heterocycles. The molecule has 1 N–H and O–H groups in total. The molecule has 0 saturated carbocycles. The minimum atomic E-state index is -1.42. The van der Waals surface area contributed by atoms with Crippen LogP contribution in [0.3, 0.4) is 0 Å². The van der Waals surface area contributed by atoms with E-state index in [-0.39, 0.29) is 12.2 Å². The molecule has 0 aromatic rings. The van der Waals surface area contributed by atoms with E-state index in [4.69, 9.17) is 23.7 Å². The Labute approximate surface area is 167 Å². The molecule has 0 bridgehead atoms. The van der Waals surface area contributed by atoms with Gasteiger partial charge in [-0.3, -0.25) is 24.0 Å². The molecule has 0 unspecified atom stereocenters. The Hall–Kier alpha value is -2.95. The molecular weight excluding hydrogens is 390 g/mol. The Morgan fingerprint density at radius 1 is 0.828 bits per heavy atom. The Balaban J connectivity index is 3.36. The minimum Gasteiger partial charge on any atom is -0.463 e. The van der Waals surface area contributed by atoms with Crippen LogP contribution < -0.4 is 5.32 Å². The van der Waals surface area contributed by atoms with Gasteiger partial charge in [-0.15, -0.1) is 0 Å². The van der Waals surface area contributed by atoms with Crippen molar-refractivity contribution in [1.29, 1.82) is 0 Å². The fraction of sp³-hybridized carbons (Fsp3) is 0.611. The average Bonchev–Trinajstić information content (AvgIpc) is 2.56. The quantitative estimate of drug-likeness (QED) is 0.336. The molecule has 0 radical (unpaired) electrons. The normalized spacial score (nSPS) is 25.9. The first-order valence-electron chi connectivity index (χ1n) is 8.69. The summed E-state index contributed by atoms with van der Waals surface area (Å²) in [5.41, 5.74) is 0.124.